The van der Waals surface area contributed by atoms with Crippen molar-refractivity contribution in [2.45, 2.75) is 6.54 Å². The van der Waals surface area contributed by atoms with Crippen LogP contribution in [-0.2, 0) is 6.54 Å². The molecule has 1 aromatic rings. The van der Waals surface area contributed by atoms with Gasteiger partial charge in [-0.05, 0) is 6.07 Å². The van der Waals surface area contributed by atoms with E-state index in [1.54, 1.807) is 13.1 Å². The predicted octanol–water partition coefficient (Wildman–Crippen LogP) is 1.26. The van der Waals surface area contributed by atoms with E-state index in [0.29, 0.717) is 17.9 Å². The van der Waals surface area contributed by atoms with Crippen LogP contribution in [0.4, 0.5) is 5.69 Å². The van der Waals surface area contributed by atoms with Crippen LogP contribution in [0.25, 0.3) is 0 Å². The minimum Gasteiger partial charge on any atom is -0.496 e. The Labute approximate surface area is 122 Å². The van der Waals surface area contributed by atoms with E-state index in [4.69, 9.17) is 10.5 Å². The molecule has 0 aromatic heterocycles. The molecule has 0 fully saturated rings. The number of nitrogens with zero attached hydrogens (tertiary/aromatic N) is 2. The molecule has 3 N–H and O–H groups in total. The maximum atomic E-state index is 10.6. The topological polar surface area (TPSA) is 103 Å². The summed E-state index contributed by atoms with van der Waals surface area (Å²) in [6, 6.07) is 4.38. The Kier molecular flexibility index (Phi) is 7.01. The highest BCUT2D eigenvalue weighted by Gasteiger charge is 2.11. The third-order valence-electron chi connectivity index (χ3n) is 2.18. The van der Waals surface area contributed by atoms with Crippen LogP contribution in [0.1, 0.15) is 5.56 Å². The Balaban J connectivity index is 0.00000289. The lowest BCUT2D eigenvalue weighted by atomic mass is 10.2. The number of nitrogens with one attached hydrogen (secondary N) is 1. The van der Waals surface area contributed by atoms with Gasteiger partial charge >= 0.3 is 0 Å². The van der Waals surface area contributed by atoms with Gasteiger partial charge in [-0.25, -0.2) is 0 Å². The van der Waals surface area contributed by atoms with Gasteiger partial charge in [0.25, 0.3) is 5.69 Å². The van der Waals surface area contributed by atoms with E-state index >= 15 is 0 Å². The normalized spacial score (nSPS) is 10.4. The van der Waals surface area contributed by atoms with Gasteiger partial charge in [0.2, 0.25) is 0 Å². The largest absolute Gasteiger partial charge is 0.496 e. The highest BCUT2D eigenvalue weighted by atomic mass is 127. The minimum absolute atomic E-state index is 0. The summed E-state index contributed by atoms with van der Waals surface area (Å²) in [5, 5.41) is 13.5. The number of hydrogen-bond donors (Lipinski definition) is 2. The molecule has 8 heteroatoms. The molecule has 1 aromatic carbocycles. The third-order valence-corrected chi connectivity index (χ3v) is 2.18. The number of aliphatic imine (C=N–C) groups is 1. The van der Waals surface area contributed by atoms with Crippen molar-refractivity contribution in [3.8, 4) is 5.75 Å². The summed E-state index contributed by atoms with van der Waals surface area (Å²) in [5.74, 6) is 0.825. The summed E-state index contributed by atoms with van der Waals surface area (Å²) in [6.45, 7) is 0.314. The fourth-order valence-electron chi connectivity index (χ4n) is 1.28. The standard InChI is InChI=1S/C10H14N4O3.HI/c1-12-10(11)13-6-7-5-8(14(15)16)3-4-9(7)17-2;/h3-5H,6H2,1-2H3,(H3,11,12,13);1H. The number of ether oxygens (including phenoxy) is 1. The molecule has 0 amide bonds. The van der Waals surface area contributed by atoms with Crippen molar-refractivity contribution in [1.29, 1.82) is 0 Å². The molecule has 0 spiro atoms. The molecule has 100 valence electrons. The van der Waals surface area contributed by atoms with Gasteiger partial charge in [0.15, 0.2) is 5.96 Å². The molecule has 0 radical (unpaired) electrons. The highest BCUT2D eigenvalue weighted by Crippen LogP contribution is 2.23. The number of non-ortho nitro benzene ring substituents is 1. The van der Waals surface area contributed by atoms with Crippen LogP contribution >= 0.6 is 24.0 Å². The number of hydrogen-bond acceptors (Lipinski definition) is 4. The minimum atomic E-state index is -0.458. The molecule has 0 aliphatic carbocycles. The SMILES string of the molecule is CN=C(N)NCc1cc([N+](=O)[O-])ccc1OC.I. The Morgan fingerprint density at radius 1 is 1.61 bits per heavy atom. The summed E-state index contributed by atoms with van der Waals surface area (Å²) >= 11 is 0. The molecule has 0 aliphatic heterocycles. The van der Waals surface area contributed by atoms with Gasteiger partial charge in [0, 0.05) is 31.3 Å². The Morgan fingerprint density at radius 2 is 2.28 bits per heavy atom. The highest BCUT2D eigenvalue weighted by molar-refractivity contribution is 14.0. The smallest absolute Gasteiger partial charge is 0.270 e. The van der Waals surface area contributed by atoms with Crippen LogP contribution in [0.5, 0.6) is 5.75 Å². The second-order valence-corrected chi connectivity index (χ2v) is 3.22. The molecule has 0 atom stereocenters. The van der Waals surface area contributed by atoms with E-state index in [0.717, 1.165) is 0 Å². The average molecular weight is 366 g/mol. The van der Waals surface area contributed by atoms with E-state index in [1.807, 2.05) is 0 Å². The van der Waals surface area contributed by atoms with Crippen molar-refractivity contribution in [2.75, 3.05) is 14.2 Å². The number of halogens is 1. The van der Waals surface area contributed by atoms with E-state index in [-0.39, 0.29) is 35.6 Å². The first-order chi connectivity index (χ1) is 8.08. The van der Waals surface area contributed by atoms with Gasteiger partial charge < -0.3 is 15.8 Å². The summed E-state index contributed by atoms with van der Waals surface area (Å²) in [4.78, 5) is 13.9. The van der Waals surface area contributed by atoms with Crippen molar-refractivity contribution in [1.82, 2.24) is 5.32 Å². The van der Waals surface area contributed by atoms with Gasteiger partial charge in [-0.1, -0.05) is 0 Å². The molecule has 0 saturated heterocycles. The van der Waals surface area contributed by atoms with Crippen LogP contribution in [0.2, 0.25) is 0 Å². The molecule has 7 nitrogen and oxygen atoms in total. The maximum Gasteiger partial charge on any atom is 0.270 e. The molecule has 0 aliphatic rings. The molecule has 0 heterocycles. The van der Waals surface area contributed by atoms with Crippen LogP contribution < -0.4 is 15.8 Å². The molecule has 1 rings (SSSR count). The number of benzene rings is 1. The molecule has 0 bridgehead atoms. The number of nitrogens with two attached hydrogens (primary N) is 1. The molecule has 0 saturated carbocycles. The first-order valence-electron chi connectivity index (χ1n) is 4.86. The van der Waals surface area contributed by atoms with Gasteiger partial charge in [0.05, 0.1) is 12.0 Å². The van der Waals surface area contributed by atoms with Crippen LogP contribution in [0.15, 0.2) is 23.2 Å². The molecule has 0 unspecified atom stereocenters. The van der Waals surface area contributed by atoms with E-state index < -0.39 is 4.92 Å². The average Bonchev–Trinajstić information content (AvgIpc) is 2.35. The molecule has 18 heavy (non-hydrogen) atoms. The Hall–Kier alpha value is -1.58. The van der Waals surface area contributed by atoms with E-state index in [9.17, 15) is 10.1 Å². The lowest BCUT2D eigenvalue weighted by Gasteiger charge is -2.09. The predicted molar refractivity (Wildman–Crippen MR) is 79.4 cm³/mol. The maximum absolute atomic E-state index is 10.6. The van der Waals surface area contributed by atoms with E-state index in [2.05, 4.69) is 10.3 Å². The molecular weight excluding hydrogens is 351 g/mol. The first-order valence-corrected chi connectivity index (χ1v) is 4.86. The van der Waals surface area contributed by atoms with E-state index in [1.165, 1.54) is 19.2 Å². The Bertz CT molecular complexity index is 451. The number of rotatable bonds is 4. The van der Waals surface area contributed by atoms with Crippen molar-refractivity contribution in [2.24, 2.45) is 10.7 Å². The Morgan fingerprint density at radius 3 is 2.78 bits per heavy atom. The third kappa shape index (κ3) is 4.35. The zero-order valence-electron chi connectivity index (χ0n) is 10.0. The zero-order valence-corrected chi connectivity index (χ0v) is 12.4. The van der Waals surface area contributed by atoms with Crippen molar-refractivity contribution in [3.05, 3.63) is 33.9 Å². The number of guanidine groups is 1. The summed E-state index contributed by atoms with van der Waals surface area (Å²) < 4.78 is 5.10. The number of methoxy groups -OCH3 is 1. The monoisotopic (exact) mass is 366 g/mol. The van der Waals surface area contributed by atoms with Gasteiger partial charge in [-0.15, -0.1) is 24.0 Å². The van der Waals surface area contributed by atoms with Crippen LogP contribution in [0, 0.1) is 10.1 Å². The van der Waals surface area contributed by atoms with Crippen LogP contribution in [0.3, 0.4) is 0 Å². The number of nitro benzene ring substituents is 1. The first kappa shape index (κ1) is 16.4. The van der Waals surface area contributed by atoms with Crippen molar-refractivity contribution >= 4 is 35.6 Å². The zero-order chi connectivity index (χ0) is 12.8. The molecular formula is C10H15IN4O3. The lowest BCUT2D eigenvalue weighted by Crippen LogP contribution is -2.30. The lowest BCUT2D eigenvalue weighted by molar-refractivity contribution is -0.384. The van der Waals surface area contributed by atoms with Gasteiger partial charge in [-0.3, -0.25) is 15.1 Å². The summed E-state index contributed by atoms with van der Waals surface area (Å²) in [5.41, 5.74) is 6.13. The fourth-order valence-corrected chi connectivity index (χ4v) is 1.28. The number of nitro groups is 1. The van der Waals surface area contributed by atoms with Crippen molar-refractivity contribution < 1.29 is 9.66 Å². The van der Waals surface area contributed by atoms with Gasteiger partial charge in [-0.2, -0.15) is 0 Å². The fraction of sp³-hybridized carbons (Fsp3) is 0.300. The second-order valence-electron chi connectivity index (χ2n) is 3.22. The summed E-state index contributed by atoms with van der Waals surface area (Å²) in [7, 11) is 3.05. The van der Waals surface area contributed by atoms with Crippen LogP contribution in [-0.4, -0.2) is 25.0 Å². The quantitative estimate of drug-likeness (QED) is 0.275. The van der Waals surface area contributed by atoms with Gasteiger partial charge in [0.1, 0.15) is 5.75 Å². The summed E-state index contributed by atoms with van der Waals surface area (Å²) in [6.07, 6.45) is 0. The second kappa shape index (κ2) is 7.69. The van der Waals surface area contributed by atoms with Crippen molar-refractivity contribution in [3.63, 3.8) is 0 Å².